The number of aliphatic hydroxyl groups excluding tert-OH is 1. The van der Waals surface area contributed by atoms with E-state index in [1.165, 1.54) is 0 Å². The van der Waals surface area contributed by atoms with Gasteiger partial charge in [0.05, 0.1) is 19.6 Å². The molecule has 2 rings (SSSR count). The number of amides is 1. The molecule has 0 saturated carbocycles. The fourth-order valence-electron chi connectivity index (χ4n) is 1.87. The molecule has 20 heavy (non-hydrogen) atoms. The molecule has 1 aliphatic heterocycles. The van der Waals surface area contributed by atoms with Crippen LogP contribution in [0.3, 0.4) is 0 Å². The van der Waals surface area contributed by atoms with Crippen LogP contribution in [0.15, 0.2) is 12.1 Å². The van der Waals surface area contributed by atoms with Gasteiger partial charge in [0.1, 0.15) is 5.75 Å². The lowest BCUT2D eigenvalue weighted by Crippen LogP contribution is -2.31. The van der Waals surface area contributed by atoms with Gasteiger partial charge in [-0.25, -0.2) is 0 Å². The number of rotatable bonds is 6. The summed E-state index contributed by atoms with van der Waals surface area (Å²) in [6.07, 6.45) is 0.261. The fraction of sp³-hybridized carbons (Fsp3) is 0.500. The number of fused-ring (bicyclic) bond motifs is 1. The molecule has 1 aromatic rings. The first-order chi connectivity index (χ1) is 9.60. The Morgan fingerprint density at radius 1 is 1.40 bits per heavy atom. The maximum atomic E-state index is 11.5. The third-order valence-electron chi connectivity index (χ3n) is 2.76. The molecule has 110 valence electrons. The third-order valence-corrected chi connectivity index (χ3v) is 2.76. The van der Waals surface area contributed by atoms with Gasteiger partial charge in [0.2, 0.25) is 12.7 Å². The van der Waals surface area contributed by atoms with Crippen molar-refractivity contribution >= 4 is 5.91 Å². The molecule has 1 amide bonds. The first kappa shape index (κ1) is 14.5. The van der Waals surface area contributed by atoms with Crippen molar-refractivity contribution < 1.29 is 24.1 Å². The molecule has 6 heteroatoms. The lowest BCUT2D eigenvalue weighted by atomic mass is 10.2. The van der Waals surface area contributed by atoms with Crippen molar-refractivity contribution in [3.05, 3.63) is 17.7 Å². The van der Waals surface area contributed by atoms with Gasteiger partial charge in [-0.2, -0.15) is 0 Å². The van der Waals surface area contributed by atoms with Gasteiger partial charge < -0.3 is 24.6 Å². The SMILES string of the molecule is CC(C)NC(=O)CCOc1cc2c(cc1CO)OCO2. The summed E-state index contributed by atoms with van der Waals surface area (Å²) < 4.78 is 16.0. The van der Waals surface area contributed by atoms with Crippen LogP contribution in [-0.4, -0.2) is 30.5 Å². The maximum absolute atomic E-state index is 11.5. The molecule has 0 saturated heterocycles. The summed E-state index contributed by atoms with van der Waals surface area (Å²) in [6.45, 7) is 4.05. The Morgan fingerprint density at radius 2 is 2.10 bits per heavy atom. The van der Waals surface area contributed by atoms with Crippen LogP contribution in [0.5, 0.6) is 17.2 Å². The van der Waals surface area contributed by atoms with Crippen LogP contribution in [0.25, 0.3) is 0 Å². The molecule has 0 fully saturated rings. The van der Waals surface area contributed by atoms with Crippen molar-refractivity contribution in [1.82, 2.24) is 5.32 Å². The number of hydrogen-bond donors (Lipinski definition) is 2. The Labute approximate surface area is 117 Å². The number of carbonyl (C=O) groups is 1. The maximum Gasteiger partial charge on any atom is 0.231 e. The third kappa shape index (κ3) is 3.54. The molecule has 0 aliphatic carbocycles. The normalized spacial score (nSPS) is 12.6. The minimum atomic E-state index is -0.163. The Morgan fingerprint density at radius 3 is 2.75 bits per heavy atom. The van der Waals surface area contributed by atoms with E-state index in [1.54, 1.807) is 12.1 Å². The number of aliphatic hydroxyl groups is 1. The van der Waals surface area contributed by atoms with Crippen LogP contribution in [0.1, 0.15) is 25.8 Å². The Kier molecular flexibility index (Phi) is 4.68. The summed E-state index contributed by atoms with van der Waals surface area (Å²) in [5, 5.41) is 12.1. The molecule has 0 aromatic heterocycles. The molecule has 6 nitrogen and oxygen atoms in total. The first-order valence-electron chi connectivity index (χ1n) is 6.55. The second-order valence-electron chi connectivity index (χ2n) is 4.79. The molecule has 2 N–H and O–H groups in total. The molecule has 1 aliphatic rings. The topological polar surface area (TPSA) is 77.0 Å². The zero-order chi connectivity index (χ0) is 14.5. The number of nitrogens with one attached hydrogen (secondary N) is 1. The number of benzene rings is 1. The Balaban J connectivity index is 1.94. The Hall–Kier alpha value is -1.95. The molecule has 0 radical (unpaired) electrons. The van der Waals surface area contributed by atoms with Gasteiger partial charge >= 0.3 is 0 Å². The van der Waals surface area contributed by atoms with E-state index in [1.807, 2.05) is 13.8 Å². The van der Waals surface area contributed by atoms with Gasteiger partial charge in [-0.05, 0) is 19.9 Å². The van der Waals surface area contributed by atoms with E-state index in [2.05, 4.69) is 5.32 Å². The largest absolute Gasteiger partial charge is 0.493 e. The second kappa shape index (κ2) is 6.47. The number of hydrogen-bond acceptors (Lipinski definition) is 5. The van der Waals surface area contributed by atoms with Crippen molar-refractivity contribution in [2.45, 2.75) is 32.9 Å². The van der Waals surface area contributed by atoms with E-state index in [0.717, 1.165) is 0 Å². The van der Waals surface area contributed by atoms with Crippen molar-refractivity contribution in [2.24, 2.45) is 0 Å². The van der Waals surface area contributed by atoms with Crippen LogP contribution < -0.4 is 19.5 Å². The lowest BCUT2D eigenvalue weighted by molar-refractivity contribution is -0.122. The van der Waals surface area contributed by atoms with Crippen molar-refractivity contribution in [1.29, 1.82) is 0 Å². The molecule has 0 spiro atoms. The summed E-state index contributed by atoms with van der Waals surface area (Å²) in [5.74, 6) is 1.63. The van der Waals surface area contributed by atoms with E-state index < -0.39 is 0 Å². The zero-order valence-corrected chi connectivity index (χ0v) is 11.6. The fourth-order valence-corrected chi connectivity index (χ4v) is 1.87. The lowest BCUT2D eigenvalue weighted by Gasteiger charge is -2.12. The van der Waals surface area contributed by atoms with Crippen molar-refractivity contribution in [3.63, 3.8) is 0 Å². The van der Waals surface area contributed by atoms with Crippen LogP contribution in [-0.2, 0) is 11.4 Å². The highest BCUT2D eigenvalue weighted by atomic mass is 16.7. The monoisotopic (exact) mass is 281 g/mol. The van der Waals surface area contributed by atoms with E-state index in [0.29, 0.717) is 22.8 Å². The van der Waals surface area contributed by atoms with E-state index in [9.17, 15) is 9.90 Å². The summed E-state index contributed by atoms with van der Waals surface area (Å²) >= 11 is 0. The highest BCUT2D eigenvalue weighted by molar-refractivity contribution is 5.76. The minimum absolute atomic E-state index is 0.0636. The second-order valence-corrected chi connectivity index (χ2v) is 4.79. The van der Waals surface area contributed by atoms with Gasteiger partial charge in [0.15, 0.2) is 11.5 Å². The quantitative estimate of drug-likeness (QED) is 0.819. The van der Waals surface area contributed by atoms with Crippen LogP contribution in [0.4, 0.5) is 0 Å². The molecule has 0 unspecified atom stereocenters. The van der Waals surface area contributed by atoms with Gasteiger partial charge in [-0.1, -0.05) is 0 Å². The van der Waals surface area contributed by atoms with Crippen LogP contribution in [0.2, 0.25) is 0 Å². The van der Waals surface area contributed by atoms with E-state index >= 15 is 0 Å². The standard InChI is InChI=1S/C14H19NO5/c1-9(2)15-14(17)3-4-18-11-6-13-12(19-8-20-13)5-10(11)7-16/h5-6,9,16H,3-4,7-8H2,1-2H3,(H,15,17). The highest BCUT2D eigenvalue weighted by Crippen LogP contribution is 2.38. The van der Waals surface area contributed by atoms with Gasteiger partial charge in [0.25, 0.3) is 0 Å². The van der Waals surface area contributed by atoms with E-state index in [-0.39, 0.29) is 38.4 Å². The summed E-state index contributed by atoms with van der Waals surface area (Å²) in [7, 11) is 0. The molecular formula is C14H19NO5. The van der Waals surface area contributed by atoms with Gasteiger partial charge in [0, 0.05) is 17.7 Å². The molecule has 0 bridgehead atoms. The molecule has 1 aromatic carbocycles. The summed E-state index contributed by atoms with van der Waals surface area (Å²) in [5.41, 5.74) is 0.610. The molecular weight excluding hydrogens is 262 g/mol. The van der Waals surface area contributed by atoms with Crippen molar-refractivity contribution in [3.8, 4) is 17.2 Å². The van der Waals surface area contributed by atoms with E-state index in [4.69, 9.17) is 14.2 Å². The smallest absolute Gasteiger partial charge is 0.231 e. The molecule has 1 heterocycles. The van der Waals surface area contributed by atoms with Crippen LogP contribution >= 0.6 is 0 Å². The predicted octanol–water partition coefficient (Wildman–Crippen LogP) is 1.20. The van der Waals surface area contributed by atoms with Crippen molar-refractivity contribution in [2.75, 3.05) is 13.4 Å². The highest BCUT2D eigenvalue weighted by Gasteiger charge is 2.18. The van der Waals surface area contributed by atoms with Gasteiger partial charge in [-0.15, -0.1) is 0 Å². The Bertz CT molecular complexity index is 487. The summed E-state index contributed by atoms with van der Waals surface area (Å²) in [4.78, 5) is 11.5. The molecule has 0 atom stereocenters. The van der Waals surface area contributed by atoms with Gasteiger partial charge in [-0.3, -0.25) is 4.79 Å². The average Bonchev–Trinajstić information content (AvgIpc) is 2.83. The zero-order valence-electron chi connectivity index (χ0n) is 11.6. The predicted molar refractivity (Wildman–Crippen MR) is 71.9 cm³/mol. The number of ether oxygens (including phenoxy) is 3. The summed E-state index contributed by atoms with van der Waals surface area (Å²) in [6, 6.07) is 3.47. The average molecular weight is 281 g/mol. The van der Waals surface area contributed by atoms with Crippen LogP contribution in [0, 0.1) is 0 Å². The first-order valence-corrected chi connectivity index (χ1v) is 6.55. The minimum Gasteiger partial charge on any atom is -0.493 e. The number of carbonyl (C=O) groups excluding carboxylic acids is 1.